The maximum atomic E-state index is 4.98. The first-order valence-corrected chi connectivity index (χ1v) is 7.60. The van der Waals surface area contributed by atoms with Gasteiger partial charge in [0, 0.05) is 11.3 Å². The molecule has 0 aromatic rings. The highest BCUT2D eigenvalue weighted by Crippen LogP contribution is 2.46. The second-order valence-electron chi connectivity index (χ2n) is 6.28. The number of nitrogens with zero attached hydrogens (tertiary/aromatic N) is 1. The Balaban J connectivity index is 1.68. The van der Waals surface area contributed by atoms with E-state index in [0.717, 1.165) is 11.8 Å². The third kappa shape index (κ3) is 2.11. The van der Waals surface area contributed by atoms with Crippen LogP contribution in [0.5, 0.6) is 0 Å². The van der Waals surface area contributed by atoms with E-state index in [1.54, 1.807) is 0 Å². The van der Waals surface area contributed by atoms with Gasteiger partial charge in [0.15, 0.2) is 5.17 Å². The lowest BCUT2D eigenvalue weighted by Crippen LogP contribution is -2.46. The van der Waals surface area contributed by atoms with E-state index in [-0.39, 0.29) is 5.54 Å². The molecule has 3 rings (SSSR count). The highest BCUT2D eigenvalue weighted by Gasteiger charge is 2.40. The first kappa shape index (κ1) is 10.9. The van der Waals surface area contributed by atoms with Crippen molar-refractivity contribution in [1.29, 1.82) is 0 Å². The van der Waals surface area contributed by atoms with Crippen LogP contribution in [0.1, 0.15) is 46.0 Å². The van der Waals surface area contributed by atoms with Crippen molar-refractivity contribution in [3.05, 3.63) is 0 Å². The van der Waals surface area contributed by atoms with E-state index >= 15 is 0 Å². The van der Waals surface area contributed by atoms with Crippen LogP contribution < -0.4 is 5.32 Å². The van der Waals surface area contributed by atoms with Gasteiger partial charge in [-0.15, -0.1) is 0 Å². The van der Waals surface area contributed by atoms with Gasteiger partial charge in [0.2, 0.25) is 0 Å². The van der Waals surface area contributed by atoms with Crippen LogP contribution in [0.25, 0.3) is 0 Å². The average Bonchev–Trinajstić information content (AvgIpc) is 2.77. The minimum atomic E-state index is 0.252. The molecule has 1 heterocycles. The zero-order valence-corrected chi connectivity index (χ0v) is 11.1. The summed E-state index contributed by atoms with van der Waals surface area (Å²) in [4.78, 5) is 4.98. The second-order valence-corrected chi connectivity index (χ2v) is 7.37. The predicted molar refractivity (Wildman–Crippen MR) is 71.0 cm³/mol. The van der Waals surface area contributed by atoms with E-state index in [4.69, 9.17) is 4.99 Å². The highest BCUT2D eigenvalue weighted by atomic mass is 32.2. The Kier molecular flexibility index (Phi) is 2.69. The molecule has 0 spiro atoms. The predicted octanol–water partition coefficient (Wildman–Crippen LogP) is 3.04. The molecule has 2 saturated carbocycles. The molecule has 0 aromatic carbocycles. The number of nitrogens with one attached hydrogen (secondary N) is 1. The first-order chi connectivity index (χ1) is 7.62. The molecule has 16 heavy (non-hydrogen) atoms. The topological polar surface area (TPSA) is 24.4 Å². The van der Waals surface area contributed by atoms with Crippen LogP contribution in [0.4, 0.5) is 0 Å². The largest absolute Gasteiger partial charge is 0.360 e. The molecule has 1 N–H and O–H groups in total. The van der Waals surface area contributed by atoms with Crippen molar-refractivity contribution in [2.24, 2.45) is 16.8 Å². The molecule has 3 aliphatic rings. The normalized spacial score (nSPS) is 43.6. The fraction of sp³-hybridized carbons (Fsp3) is 0.923. The van der Waals surface area contributed by atoms with E-state index in [0.29, 0.717) is 6.04 Å². The maximum absolute atomic E-state index is 4.98. The van der Waals surface area contributed by atoms with Crippen LogP contribution >= 0.6 is 11.8 Å². The van der Waals surface area contributed by atoms with E-state index < -0.39 is 0 Å². The zero-order valence-electron chi connectivity index (χ0n) is 10.3. The lowest BCUT2D eigenvalue weighted by Gasteiger charge is -2.33. The Morgan fingerprint density at radius 3 is 2.81 bits per heavy atom. The quantitative estimate of drug-likeness (QED) is 0.759. The number of thioether (sulfide) groups is 1. The molecule has 3 unspecified atom stereocenters. The van der Waals surface area contributed by atoms with Crippen LogP contribution in [-0.2, 0) is 0 Å². The fourth-order valence-corrected chi connectivity index (χ4v) is 4.74. The Bertz CT molecular complexity index is 311. The van der Waals surface area contributed by atoms with Gasteiger partial charge < -0.3 is 5.32 Å². The van der Waals surface area contributed by atoms with Gasteiger partial charge in [-0.25, -0.2) is 0 Å². The molecule has 2 bridgehead atoms. The van der Waals surface area contributed by atoms with Gasteiger partial charge in [0.1, 0.15) is 0 Å². The molecule has 2 nitrogen and oxygen atoms in total. The summed E-state index contributed by atoms with van der Waals surface area (Å²) in [5, 5.41) is 4.81. The summed E-state index contributed by atoms with van der Waals surface area (Å²) >= 11 is 1.92. The molecule has 0 amide bonds. The van der Waals surface area contributed by atoms with Crippen molar-refractivity contribution in [1.82, 2.24) is 5.32 Å². The first-order valence-electron chi connectivity index (χ1n) is 6.61. The Hall–Kier alpha value is -0.180. The number of rotatable bonds is 1. The lowest BCUT2D eigenvalue weighted by atomic mass is 9.96. The molecule has 3 heteroatoms. The van der Waals surface area contributed by atoms with Gasteiger partial charge in [-0.3, -0.25) is 4.99 Å². The average molecular weight is 238 g/mol. The van der Waals surface area contributed by atoms with Gasteiger partial charge in [0.25, 0.3) is 0 Å². The second kappa shape index (κ2) is 3.94. The molecule has 0 radical (unpaired) electrons. The molecular weight excluding hydrogens is 216 g/mol. The lowest BCUT2D eigenvalue weighted by molar-refractivity contribution is 0.412. The van der Waals surface area contributed by atoms with Gasteiger partial charge >= 0.3 is 0 Å². The van der Waals surface area contributed by atoms with E-state index in [2.05, 4.69) is 19.2 Å². The van der Waals surface area contributed by atoms with E-state index in [1.807, 2.05) is 11.8 Å². The van der Waals surface area contributed by atoms with Crippen molar-refractivity contribution in [3.63, 3.8) is 0 Å². The SMILES string of the molecule is CC1(C)CCSC(=NC2CC3CCC2C3)N1. The molecule has 3 atom stereocenters. The van der Waals surface area contributed by atoms with Gasteiger partial charge in [-0.2, -0.15) is 0 Å². The fourth-order valence-electron chi connectivity index (χ4n) is 3.38. The minimum absolute atomic E-state index is 0.252. The molecule has 0 aromatic heterocycles. The van der Waals surface area contributed by atoms with Gasteiger partial charge in [-0.1, -0.05) is 18.2 Å². The number of amidine groups is 1. The number of aliphatic imine (C=N–C) groups is 1. The van der Waals surface area contributed by atoms with Crippen LogP contribution in [0.2, 0.25) is 0 Å². The smallest absolute Gasteiger partial charge is 0.157 e. The van der Waals surface area contributed by atoms with Gasteiger partial charge in [0.05, 0.1) is 6.04 Å². The number of hydrogen-bond donors (Lipinski definition) is 1. The molecule has 90 valence electrons. The Labute approximate surface area is 103 Å². The van der Waals surface area contributed by atoms with Crippen molar-refractivity contribution >= 4 is 16.9 Å². The van der Waals surface area contributed by atoms with Crippen molar-refractivity contribution in [3.8, 4) is 0 Å². The summed E-state index contributed by atoms with van der Waals surface area (Å²) in [6.45, 7) is 4.56. The zero-order chi connectivity index (χ0) is 11.2. The Morgan fingerprint density at radius 1 is 1.31 bits per heavy atom. The summed E-state index contributed by atoms with van der Waals surface area (Å²) < 4.78 is 0. The summed E-state index contributed by atoms with van der Waals surface area (Å²) in [6, 6.07) is 0.641. The van der Waals surface area contributed by atoms with Crippen LogP contribution in [0, 0.1) is 11.8 Å². The van der Waals surface area contributed by atoms with E-state index in [1.165, 1.54) is 43.0 Å². The maximum Gasteiger partial charge on any atom is 0.157 e. The summed E-state index contributed by atoms with van der Waals surface area (Å²) in [7, 11) is 0. The third-order valence-electron chi connectivity index (χ3n) is 4.40. The molecule has 1 aliphatic heterocycles. The summed E-state index contributed by atoms with van der Waals surface area (Å²) in [5.41, 5.74) is 0.252. The third-order valence-corrected chi connectivity index (χ3v) is 5.28. The molecule has 3 fully saturated rings. The molecule has 1 saturated heterocycles. The Morgan fingerprint density at radius 2 is 2.19 bits per heavy atom. The van der Waals surface area contributed by atoms with Crippen LogP contribution in [0.3, 0.4) is 0 Å². The summed E-state index contributed by atoms with van der Waals surface area (Å²) in [6.07, 6.45) is 6.96. The minimum Gasteiger partial charge on any atom is -0.360 e. The monoisotopic (exact) mass is 238 g/mol. The molecular formula is C13H22N2S. The van der Waals surface area contributed by atoms with Crippen molar-refractivity contribution < 1.29 is 0 Å². The number of fused-ring (bicyclic) bond motifs is 2. The van der Waals surface area contributed by atoms with Crippen molar-refractivity contribution in [2.75, 3.05) is 5.75 Å². The van der Waals surface area contributed by atoms with Crippen LogP contribution in [0.15, 0.2) is 4.99 Å². The van der Waals surface area contributed by atoms with Crippen LogP contribution in [-0.4, -0.2) is 22.5 Å². The van der Waals surface area contributed by atoms with Gasteiger partial charge in [-0.05, 0) is 51.4 Å². The number of hydrogen-bond acceptors (Lipinski definition) is 2. The highest BCUT2D eigenvalue weighted by molar-refractivity contribution is 8.13. The summed E-state index contributed by atoms with van der Waals surface area (Å²) in [5.74, 6) is 3.13. The van der Waals surface area contributed by atoms with Crippen molar-refractivity contribution in [2.45, 2.75) is 57.5 Å². The standard InChI is InChI=1S/C13H22N2S/c1-13(2)5-6-16-12(15-13)14-11-8-9-3-4-10(11)7-9/h9-11H,3-8H2,1-2H3,(H,14,15). The van der Waals surface area contributed by atoms with E-state index in [9.17, 15) is 0 Å². The molecule has 2 aliphatic carbocycles.